The smallest absolute Gasteiger partial charge is 0.321 e. The zero-order valence-electron chi connectivity index (χ0n) is 13.9. The van der Waals surface area contributed by atoms with Gasteiger partial charge in [-0.3, -0.25) is 0 Å². The molecule has 1 N–H and O–H groups in total. The van der Waals surface area contributed by atoms with Crippen molar-refractivity contribution < 1.29 is 18.1 Å². The topological polar surface area (TPSA) is 71.3 Å². The Labute approximate surface area is 148 Å². The minimum atomic E-state index is -0.503. The van der Waals surface area contributed by atoms with Gasteiger partial charge in [-0.25, -0.2) is 13.6 Å². The van der Waals surface area contributed by atoms with Crippen molar-refractivity contribution in [2.24, 2.45) is 0 Å². The number of amides is 2. The Balaban J connectivity index is 1.56. The van der Waals surface area contributed by atoms with Crippen LogP contribution in [0, 0.1) is 11.6 Å². The first-order valence-corrected chi connectivity index (χ1v) is 7.88. The number of hydrogen-bond donors (Lipinski definition) is 1. The number of carbonyl (C=O) groups excluding carboxylic acids is 1. The molecule has 0 radical (unpaired) electrons. The number of anilines is 1. The van der Waals surface area contributed by atoms with Crippen LogP contribution in [-0.2, 0) is 6.42 Å². The molecule has 134 valence electrons. The average Bonchev–Trinajstić information content (AvgIpc) is 3.11. The monoisotopic (exact) mass is 358 g/mol. The summed E-state index contributed by atoms with van der Waals surface area (Å²) in [6.45, 7) is 0.308. The van der Waals surface area contributed by atoms with E-state index in [1.807, 2.05) is 0 Å². The Bertz CT molecular complexity index is 896. The zero-order valence-corrected chi connectivity index (χ0v) is 13.9. The predicted molar refractivity (Wildman–Crippen MR) is 91.4 cm³/mol. The van der Waals surface area contributed by atoms with Crippen molar-refractivity contribution in [3.05, 3.63) is 66.0 Å². The molecule has 0 spiro atoms. The van der Waals surface area contributed by atoms with Crippen LogP contribution < -0.4 is 5.32 Å². The van der Waals surface area contributed by atoms with Gasteiger partial charge in [-0.2, -0.15) is 4.98 Å². The Morgan fingerprint density at radius 1 is 1.15 bits per heavy atom. The van der Waals surface area contributed by atoms with Gasteiger partial charge in [-0.1, -0.05) is 17.3 Å². The summed E-state index contributed by atoms with van der Waals surface area (Å²) in [5.74, 6) is -0.166. The van der Waals surface area contributed by atoms with Crippen LogP contribution in [0.2, 0.25) is 0 Å². The number of rotatable bonds is 5. The molecule has 0 bridgehead atoms. The van der Waals surface area contributed by atoms with E-state index < -0.39 is 11.8 Å². The van der Waals surface area contributed by atoms with Crippen LogP contribution in [0.5, 0.6) is 0 Å². The predicted octanol–water partition coefficient (Wildman–Crippen LogP) is 3.72. The molecule has 0 aliphatic rings. The van der Waals surface area contributed by atoms with E-state index in [0.29, 0.717) is 24.4 Å². The van der Waals surface area contributed by atoms with Crippen molar-refractivity contribution in [3.63, 3.8) is 0 Å². The van der Waals surface area contributed by atoms with Crippen molar-refractivity contribution in [1.29, 1.82) is 0 Å². The summed E-state index contributed by atoms with van der Waals surface area (Å²) in [6, 6.07) is 11.2. The Kier molecular flexibility index (Phi) is 5.21. The number of halogens is 2. The molecule has 1 aromatic heterocycles. The third-order valence-corrected chi connectivity index (χ3v) is 3.69. The summed E-state index contributed by atoms with van der Waals surface area (Å²) in [6.07, 6.45) is 0.353. The van der Waals surface area contributed by atoms with Crippen LogP contribution in [0.25, 0.3) is 11.5 Å². The molecule has 0 fully saturated rings. The molecule has 26 heavy (non-hydrogen) atoms. The highest BCUT2D eigenvalue weighted by atomic mass is 19.1. The standard InChI is InChI=1S/C18H16F2N4O2/c1-24(18(25)21-15-5-3-2-4-14(15)20)11-10-16-22-17(26-23-16)12-6-8-13(19)9-7-12/h2-9H,10-11H2,1H3,(H,21,25). The maximum absolute atomic E-state index is 13.6. The van der Waals surface area contributed by atoms with E-state index in [1.54, 1.807) is 31.3 Å². The van der Waals surface area contributed by atoms with Gasteiger partial charge in [-0.05, 0) is 36.4 Å². The molecule has 0 aliphatic heterocycles. The second kappa shape index (κ2) is 7.73. The molecule has 8 heteroatoms. The lowest BCUT2D eigenvalue weighted by molar-refractivity contribution is 0.222. The first kappa shape index (κ1) is 17.5. The number of likely N-dealkylation sites (N-methyl/N-ethyl adjacent to an activating group) is 1. The molecule has 0 unspecified atom stereocenters. The molecular weight excluding hydrogens is 342 g/mol. The molecule has 3 aromatic rings. The minimum Gasteiger partial charge on any atom is -0.334 e. The zero-order chi connectivity index (χ0) is 18.5. The fourth-order valence-electron chi connectivity index (χ4n) is 2.21. The molecular formula is C18H16F2N4O2. The van der Waals surface area contributed by atoms with Gasteiger partial charge in [0.25, 0.3) is 5.89 Å². The van der Waals surface area contributed by atoms with E-state index in [0.717, 1.165) is 0 Å². The quantitative estimate of drug-likeness (QED) is 0.755. The number of nitrogens with zero attached hydrogens (tertiary/aromatic N) is 3. The number of aromatic nitrogens is 2. The second-order valence-electron chi connectivity index (χ2n) is 5.60. The highest BCUT2D eigenvalue weighted by molar-refractivity contribution is 5.89. The SMILES string of the molecule is CN(CCc1noc(-c2ccc(F)cc2)n1)C(=O)Nc1ccccc1F. The highest BCUT2D eigenvalue weighted by Crippen LogP contribution is 2.17. The van der Waals surface area contributed by atoms with E-state index in [9.17, 15) is 13.6 Å². The maximum atomic E-state index is 13.6. The van der Waals surface area contributed by atoms with E-state index >= 15 is 0 Å². The third-order valence-electron chi connectivity index (χ3n) is 3.69. The molecule has 0 atom stereocenters. The van der Waals surface area contributed by atoms with Gasteiger partial charge >= 0.3 is 6.03 Å². The lowest BCUT2D eigenvalue weighted by Crippen LogP contribution is -2.33. The van der Waals surface area contributed by atoms with Gasteiger partial charge in [0.05, 0.1) is 5.69 Å². The molecule has 0 saturated carbocycles. The summed E-state index contributed by atoms with van der Waals surface area (Å²) in [5, 5.41) is 6.34. The minimum absolute atomic E-state index is 0.113. The number of para-hydroxylation sites is 1. The van der Waals surface area contributed by atoms with Crippen molar-refractivity contribution >= 4 is 11.7 Å². The molecule has 1 heterocycles. The number of benzene rings is 2. The van der Waals surface area contributed by atoms with Gasteiger partial charge in [0, 0.05) is 25.6 Å². The van der Waals surface area contributed by atoms with Gasteiger partial charge in [0.1, 0.15) is 11.6 Å². The van der Waals surface area contributed by atoms with E-state index in [2.05, 4.69) is 15.5 Å². The van der Waals surface area contributed by atoms with E-state index in [-0.39, 0.29) is 17.4 Å². The third kappa shape index (κ3) is 4.21. The van der Waals surface area contributed by atoms with Crippen LogP contribution in [0.4, 0.5) is 19.3 Å². The summed E-state index contributed by atoms with van der Waals surface area (Å²) in [4.78, 5) is 17.7. The molecule has 0 aliphatic carbocycles. The fourth-order valence-corrected chi connectivity index (χ4v) is 2.21. The molecule has 2 aromatic carbocycles. The fraction of sp³-hybridized carbons (Fsp3) is 0.167. The molecule has 2 amide bonds. The van der Waals surface area contributed by atoms with E-state index in [4.69, 9.17) is 4.52 Å². The Morgan fingerprint density at radius 3 is 2.62 bits per heavy atom. The molecule has 0 saturated heterocycles. The van der Waals surface area contributed by atoms with Gasteiger partial charge < -0.3 is 14.7 Å². The van der Waals surface area contributed by atoms with Crippen LogP contribution >= 0.6 is 0 Å². The van der Waals surface area contributed by atoms with Crippen LogP contribution in [0.1, 0.15) is 5.82 Å². The van der Waals surface area contributed by atoms with Crippen molar-refractivity contribution in [1.82, 2.24) is 15.0 Å². The summed E-state index contributed by atoms with van der Waals surface area (Å²) < 4.78 is 31.6. The van der Waals surface area contributed by atoms with Gasteiger partial charge in [-0.15, -0.1) is 0 Å². The Morgan fingerprint density at radius 2 is 1.88 bits per heavy atom. The highest BCUT2D eigenvalue weighted by Gasteiger charge is 2.14. The Hall–Kier alpha value is -3.29. The first-order valence-electron chi connectivity index (χ1n) is 7.88. The molecule has 6 nitrogen and oxygen atoms in total. The summed E-state index contributed by atoms with van der Waals surface area (Å²) in [5.41, 5.74) is 0.721. The number of hydrogen-bond acceptors (Lipinski definition) is 4. The number of carbonyl (C=O) groups is 1. The lowest BCUT2D eigenvalue weighted by Gasteiger charge is -2.17. The van der Waals surface area contributed by atoms with Crippen LogP contribution in [0.15, 0.2) is 53.1 Å². The lowest BCUT2D eigenvalue weighted by atomic mass is 10.2. The number of urea groups is 1. The van der Waals surface area contributed by atoms with Crippen LogP contribution in [0.3, 0.4) is 0 Å². The van der Waals surface area contributed by atoms with Crippen molar-refractivity contribution in [2.75, 3.05) is 18.9 Å². The van der Waals surface area contributed by atoms with Gasteiger partial charge in [0.15, 0.2) is 5.82 Å². The largest absolute Gasteiger partial charge is 0.334 e. The van der Waals surface area contributed by atoms with Crippen LogP contribution in [-0.4, -0.2) is 34.7 Å². The van der Waals surface area contributed by atoms with Crippen molar-refractivity contribution in [3.8, 4) is 11.5 Å². The normalized spacial score (nSPS) is 10.6. The first-order chi connectivity index (χ1) is 12.5. The summed E-state index contributed by atoms with van der Waals surface area (Å²) >= 11 is 0. The van der Waals surface area contributed by atoms with E-state index in [1.165, 1.54) is 29.2 Å². The average molecular weight is 358 g/mol. The maximum Gasteiger partial charge on any atom is 0.321 e. The second-order valence-corrected chi connectivity index (χ2v) is 5.60. The summed E-state index contributed by atoms with van der Waals surface area (Å²) in [7, 11) is 1.58. The van der Waals surface area contributed by atoms with Crippen molar-refractivity contribution in [2.45, 2.75) is 6.42 Å². The van der Waals surface area contributed by atoms with Gasteiger partial charge in [0.2, 0.25) is 0 Å². The number of nitrogens with one attached hydrogen (secondary N) is 1. The molecule has 3 rings (SSSR count).